The van der Waals surface area contributed by atoms with E-state index in [-0.39, 0.29) is 12.0 Å². The molecule has 1 fully saturated rings. The van der Waals surface area contributed by atoms with E-state index in [0.29, 0.717) is 48.3 Å². The van der Waals surface area contributed by atoms with Gasteiger partial charge in [-0.15, -0.1) is 0 Å². The minimum atomic E-state index is -0.153. The van der Waals surface area contributed by atoms with Crippen molar-refractivity contribution in [1.82, 2.24) is 29.5 Å². The van der Waals surface area contributed by atoms with Crippen molar-refractivity contribution in [3.63, 3.8) is 0 Å². The highest BCUT2D eigenvalue weighted by atomic mass is 16.5. The first kappa shape index (κ1) is 25.1. The van der Waals surface area contributed by atoms with Gasteiger partial charge in [-0.25, -0.2) is 19.5 Å². The van der Waals surface area contributed by atoms with Gasteiger partial charge in [0.05, 0.1) is 38.0 Å². The molecule has 1 N–H and O–H groups in total. The Kier molecular flexibility index (Phi) is 6.61. The molecule has 11 heteroatoms. The zero-order valence-corrected chi connectivity index (χ0v) is 22.1. The van der Waals surface area contributed by atoms with Crippen LogP contribution in [0, 0.1) is 0 Å². The van der Waals surface area contributed by atoms with Gasteiger partial charge in [-0.2, -0.15) is 5.10 Å². The fourth-order valence-corrected chi connectivity index (χ4v) is 4.63. The third-order valence-electron chi connectivity index (χ3n) is 6.70. The van der Waals surface area contributed by atoms with Crippen molar-refractivity contribution >= 4 is 34.0 Å². The second-order valence-corrected chi connectivity index (χ2v) is 9.18. The van der Waals surface area contributed by atoms with Crippen LogP contribution in [0.1, 0.15) is 6.92 Å². The van der Waals surface area contributed by atoms with E-state index >= 15 is 0 Å². The molecule has 1 aliphatic rings. The molecular formula is C29H27N7O4. The second kappa shape index (κ2) is 10.5. The summed E-state index contributed by atoms with van der Waals surface area (Å²) < 4.78 is 19.4. The third-order valence-corrected chi connectivity index (χ3v) is 6.70. The predicted molar refractivity (Wildman–Crippen MR) is 150 cm³/mol. The van der Waals surface area contributed by atoms with Crippen LogP contribution < -0.4 is 19.5 Å². The molecule has 6 rings (SSSR count). The Morgan fingerprint density at radius 3 is 2.70 bits per heavy atom. The van der Waals surface area contributed by atoms with Crippen LogP contribution in [0.4, 0.5) is 11.5 Å². The summed E-state index contributed by atoms with van der Waals surface area (Å²) in [5.41, 5.74) is 4.16. The Bertz CT molecular complexity index is 1730. The minimum Gasteiger partial charge on any atom is -0.493 e. The Morgan fingerprint density at radius 2 is 1.90 bits per heavy atom. The number of benzene rings is 2. The molecule has 0 aliphatic carbocycles. The summed E-state index contributed by atoms with van der Waals surface area (Å²) in [4.78, 5) is 26.8. The number of carbonyl (C=O) groups excluding carboxylic acids is 1. The fraction of sp³-hybridized carbons (Fsp3) is 0.207. The zero-order valence-electron chi connectivity index (χ0n) is 22.1. The zero-order chi connectivity index (χ0) is 27.6. The molecule has 1 saturated heterocycles. The molecule has 5 aromatic rings. The van der Waals surface area contributed by atoms with Gasteiger partial charge in [0.2, 0.25) is 5.91 Å². The first-order valence-electron chi connectivity index (χ1n) is 12.8. The van der Waals surface area contributed by atoms with Gasteiger partial charge in [0.1, 0.15) is 30.3 Å². The molecule has 40 heavy (non-hydrogen) atoms. The molecule has 0 bridgehead atoms. The van der Waals surface area contributed by atoms with Crippen molar-refractivity contribution < 1.29 is 19.0 Å². The lowest BCUT2D eigenvalue weighted by molar-refractivity contribution is -0.134. The van der Waals surface area contributed by atoms with Gasteiger partial charge >= 0.3 is 0 Å². The number of methoxy groups -OCH3 is 1. The maximum Gasteiger partial charge on any atom is 0.246 e. The van der Waals surface area contributed by atoms with Gasteiger partial charge < -0.3 is 24.4 Å². The van der Waals surface area contributed by atoms with E-state index in [1.807, 2.05) is 55.6 Å². The average molecular weight is 538 g/mol. The quantitative estimate of drug-likeness (QED) is 0.275. The molecule has 3 aromatic heterocycles. The number of nitrogens with one attached hydrogen (secondary N) is 1. The van der Waals surface area contributed by atoms with Crippen molar-refractivity contribution in [2.75, 3.05) is 32.1 Å². The number of nitrogens with zero attached hydrogens (tertiary/aromatic N) is 6. The lowest BCUT2D eigenvalue weighted by Crippen LogP contribution is -2.55. The van der Waals surface area contributed by atoms with E-state index in [1.54, 1.807) is 16.5 Å². The molecule has 0 radical (unpaired) electrons. The van der Waals surface area contributed by atoms with Gasteiger partial charge in [-0.1, -0.05) is 12.6 Å². The Morgan fingerprint density at radius 1 is 1.05 bits per heavy atom. The number of anilines is 2. The van der Waals surface area contributed by atoms with Gasteiger partial charge in [-0.05, 0) is 54.5 Å². The van der Waals surface area contributed by atoms with E-state index in [9.17, 15) is 4.79 Å². The van der Waals surface area contributed by atoms with Crippen LogP contribution in [0.15, 0.2) is 74.0 Å². The molecule has 0 unspecified atom stereocenters. The highest BCUT2D eigenvalue weighted by Gasteiger charge is 2.31. The molecular weight excluding hydrogens is 510 g/mol. The van der Waals surface area contributed by atoms with Gasteiger partial charge in [0.15, 0.2) is 17.1 Å². The summed E-state index contributed by atoms with van der Waals surface area (Å²) in [5, 5.41) is 8.37. The lowest BCUT2D eigenvalue weighted by Gasteiger charge is -2.38. The van der Waals surface area contributed by atoms with E-state index in [1.165, 1.54) is 18.7 Å². The number of likely N-dealkylation sites (tertiary alicyclic amines) is 1. The van der Waals surface area contributed by atoms with Crippen LogP contribution in [0.5, 0.6) is 17.2 Å². The normalized spacial score (nSPS) is 13.2. The van der Waals surface area contributed by atoms with Crippen molar-refractivity contribution in [3.8, 4) is 28.4 Å². The van der Waals surface area contributed by atoms with Crippen molar-refractivity contribution in [1.29, 1.82) is 0 Å². The van der Waals surface area contributed by atoms with Crippen molar-refractivity contribution in [3.05, 3.63) is 74.0 Å². The summed E-state index contributed by atoms with van der Waals surface area (Å²) in [5.74, 6) is 2.25. The monoisotopic (exact) mass is 537 g/mol. The van der Waals surface area contributed by atoms with Gasteiger partial charge in [0, 0.05) is 17.6 Å². The van der Waals surface area contributed by atoms with Crippen LogP contribution in [-0.2, 0) is 4.79 Å². The van der Waals surface area contributed by atoms with Crippen molar-refractivity contribution in [2.24, 2.45) is 0 Å². The van der Waals surface area contributed by atoms with E-state index in [2.05, 4.69) is 31.9 Å². The number of fused-ring (bicyclic) bond motifs is 2. The number of hydrogen-bond donors (Lipinski definition) is 1. The topological polar surface area (TPSA) is 116 Å². The van der Waals surface area contributed by atoms with Crippen LogP contribution in [-0.4, -0.2) is 68.3 Å². The smallest absolute Gasteiger partial charge is 0.246 e. The summed E-state index contributed by atoms with van der Waals surface area (Å²) in [7, 11) is 1.58. The van der Waals surface area contributed by atoms with Crippen molar-refractivity contribution in [2.45, 2.75) is 13.0 Å². The summed E-state index contributed by atoms with van der Waals surface area (Å²) in [6.07, 6.45) is 6.06. The number of carbonyl (C=O) groups is 1. The molecule has 2 aromatic carbocycles. The van der Waals surface area contributed by atoms with E-state index in [4.69, 9.17) is 14.2 Å². The van der Waals surface area contributed by atoms with Crippen LogP contribution in [0.3, 0.4) is 0 Å². The van der Waals surface area contributed by atoms with Crippen LogP contribution in [0.2, 0.25) is 0 Å². The molecule has 0 atom stereocenters. The Hall–Kier alpha value is -5.19. The minimum absolute atomic E-state index is 0.112. The molecule has 0 saturated carbocycles. The molecule has 1 aliphatic heterocycles. The molecule has 0 spiro atoms. The van der Waals surface area contributed by atoms with Gasteiger partial charge in [-0.3, -0.25) is 4.79 Å². The first-order chi connectivity index (χ1) is 19.6. The van der Waals surface area contributed by atoms with E-state index in [0.717, 1.165) is 27.8 Å². The molecule has 4 heterocycles. The van der Waals surface area contributed by atoms with Crippen LogP contribution in [0.25, 0.3) is 27.7 Å². The average Bonchev–Trinajstić information content (AvgIpc) is 3.43. The largest absolute Gasteiger partial charge is 0.493 e. The Labute approximate surface area is 230 Å². The highest BCUT2D eigenvalue weighted by molar-refractivity contribution is 5.94. The molecule has 202 valence electrons. The maximum absolute atomic E-state index is 11.8. The number of rotatable bonds is 9. The highest BCUT2D eigenvalue weighted by Crippen LogP contribution is 2.38. The maximum atomic E-state index is 11.8. The Balaban J connectivity index is 1.34. The number of hydrogen-bond acceptors (Lipinski definition) is 9. The third kappa shape index (κ3) is 4.73. The molecule has 1 amide bonds. The fourth-order valence-electron chi connectivity index (χ4n) is 4.63. The predicted octanol–water partition coefficient (Wildman–Crippen LogP) is 4.27. The van der Waals surface area contributed by atoms with Gasteiger partial charge in [0.25, 0.3) is 0 Å². The number of pyridine rings is 1. The SMILES string of the molecule is C=CC(=O)N1CC(Oc2cc3c(Nc4cc(-c5ccn6ncnc6c5)ccc4OCC)ncnc3cc2OC)C1. The second-order valence-electron chi connectivity index (χ2n) is 9.18. The van der Waals surface area contributed by atoms with E-state index < -0.39 is 0 Å². The number of aromatic nitrogens is 5. The lowest BCUT2D eigenvalue weighted by atomic mass is 10.1. The summed E-state index contributed by atoms with van der Waals surface area (Å²) >= 11 is 0. The summed E-state index contributed by atoms with van der Waals surface area (Å²) in [6.45, 7) is 6.95. The first-order valence-corrected chi connectivity index (χ1v) is 12.8. The number of amides is 1. The summed E-state index contributed by atoms with van der Waals surface area (Å²) in [6, 6.07) is 13.6. The number of ether oxygens (including phenoxy) is 3. The molecule has 11 nitrogen and oxygen atoms in total. The standard InChI is InChI=1S/C29H27N7O4/c1-4-28(37)35-14-20(15-35)40-26-12-21-22(13-25(26)38-3)30-16-32-29(21)34-23-10-18(6-7-24(23)39-5-2)19-8-9-36-27(11-19)31-17-33-36/h4,6-13,16-17,20H,1,5,14-15H2,2-3H3,(H,30,32,34). The van der Waals surface area contributed by atoms with Crippen LogP contribution >= 0.6 is 0 Å².